The molecule has 18 heavy (non-hydrogen) atoms. The lowest BCUT2D eigenvalue weighted by Crippen LogP contribution is -2.37. The summed E-state index contributed by atoms with van der Waals surface area (Å²) in [5.41, 5.74) is 0.838. The van der Waals surface area contributed by atoms with Gasteiger partial charge in [-0.2, -0.15) is 0 Å². The molecule has 1 aliphatic rings. The van der Waals surface area contributed by atoms with Crippen LogP contribution >= 0.6 is 0 Å². The van der Waals surface area contributed by atoms with Crippen molar-refractivity contribution in [3.05, 3.63) is 29.8 Å². The number of rotatable bonds is 6. The summed E-state index contributed by atoms with van der Waals surface area (Å²) in [4.78, 5) is 12.1. The van der Waals surface area contributed by atoms with Crippen molar-refractivity contribution in [3.8, 4) is 5.75 Å². The van der Waals surface area contributed by atoms with Gasteiger partial charge in [0.15, 0.2) is 0 Å². The number of nitrogens with one attached hydrogen (secondary N) is 2. The number of hydrogen-bond acceptors (Lipinski definition) is 3. The predicted octanol–water partition coefficient (Wildman–Crippen LogP) is 1.31. The van der Waals surface area contributed by atoms with Crippen molar-refractivity contribution in [1.82, 2.24) is 10.6 Å². The fourth-order valence-corrected chi connectivity index (χ4v) is 2.19. The van der Waals surface area contributed by atoms with Gasteiger partial charge in [-0.3, -0.25) is 4.79 Å². The molecule has 1 aromatic carbocycles. The summed E-state index contributed by atoms with van der Waals surface area (Å²) < 4.78 is 5.26. The molecular formula is C14H20N2O2. The molecule has 98 valence electrons. The minimum absolute atomic E-state index is 0.141. The third-order valence-electron chi connectivity index (χ3n) is 3.48. The summed E-state index contributed by atoms with van der Waals surface area (Å²) in [6.45, 7) is 1.28. The van der Waals surface area contributed by atoms with Gasteiger partial charge in [-0.1, -0.05) is 18.2 Å². The van der Waals surface area contributed by atoms with E-state index < -0.39 is 0 Å². The van der Waals surface area contributed by atoms with Crippen LogP contribution in [-0.4, -0.2) is 26.6 Å². The van der Waals surface area contributed by atoms with Gasteiger partial charge in [0.1, 0.15) is 5.75 Å². The average molecular weight is 248 g/mol. The zero-order valence-corrected chi connectivity index (χ0v) is 11.0. The molecule has 2 rings (SSSR count). The maximum atomic E-state index is 12.1. The van der Waals surface area contributed by atoms with Crippen LogP contribution in [0.15, 0.2) is 24.3 Å². The summed E-state index contributed by atoms with van der Waals surface area (Å²) in [7, 11) is 3.53. The molecule has 4 nitrogen and oxygen atoms in total. The van der Waals surface area contributed by atoms with Crippen molar-refractivity contribution in [2.24, 2.45) is 5.41 Å². The highest BCUT2D eigenvalue weighted by Crippen LogP contribution is 2.45. The van der Waals surface area contributed by atoms with Crippen LogP contribution in [0.3, 0.4) is 0 Å². The van der Waals surface area contributed by atoms with Gasteiger partial charge in [-0.05, 0) is 26.0 Å². The molecular weight excluding hydrogens is 228 g/mol. The molecule has 1 amide bonds. The lowest BCUT2D eigenvalue weighted by Gasteiger charge is -2.15. The van der Waals surface area contributed by atoms with E-state index in [2.05, 4.69) is 10.6 Å². The lowest BCUT2D eigenvalue weighted by molar-refractivity contribution is -0.126. The molecule has 0 unspecified atom stereocenters. The monoisotopic (exact) mass is 248 g/mol. The molecule has 0 bridgehead atoms. The minimum atomic E-state index is -0.170. The Kier molecular flexibility index (Phi) is 3.87. The van der Waals surface area contributed by atoms with Crippen LogP contribution in [0.5, 0.6) is 5.75 Å². The first-order valence-corrected chi connectivity index (χ1v) is 6.27. The average Bonchev–Trinajstić information content (AvgIpc) is 3.17. The normalized spacial score (nSPS) is 16.1. The van der Waals surface area contributed by atoms with Crippen LogP contribution in [0.1, 0.15) is 18.4 Å². The third-order valence-corrected chi connectivity index (χ3v) is 3.48. The van der Waals surface area contributed by atoms with Crippen molar-refractivity contribution in [3.63, 3.8) is 0 Å². The van der Waals surface area contributed by atoms with E-state index in [1.54, 1.807) is 7.11 Å². The first-order chi connectivity index (χ1) is 8.72. The quantitative estimate of drug-likeness (QED) is 0.798. The number of ether oxygens (including phenoxy) is 1. The standard InChI is InChI=1S/C14H20N2O2/c1-15-10-14(7-8-14)13(17)16-9-11-5-3-4-6-12(11)18-2/h3-6,15H,7-10H2,1-2H3,(H,16,17). The smallest absolute Gasteiger partial charge is 0.227 e. The second-order valence-corrected chi connectivity index (χ2v) is 4.81. The lowest BCUT2D eigenvalue weighted by atomic mass is 10.1. The highest BCUT2D eigenvalue weighted by molar-refractivity contribution is 5.85. The minimum Gasteiger partial charge on any atom is -0.496 e. The van der Waals surface area contributed by atoms with Gasteiger partial charge in [-0.25, -0.2) is 0 Å². The van der Waals surface area contributed by atoms with Gasteiger partial charge < -0.3 is 15.4 Å². The van der Waals surface area contributed by atoms with E-state index in [1.807, 2.05) is 31.3 Å². The van der Waals surface area contributed by atoms with E-state index in [1.165, 1.54) is 0 Å². The molecule has 0 radical (unpaired) electrons. The molecule has 1 saturated carbocycles. The number of para-hydroxylation sites is 1. The van der Waals surface area contributed by atoms with Crippen LogP contribution in [0, 0.1) is 5.41 Å². The molecule has 0 atom stereocenters. The Morgan fingerprint density at radius 2 is 2.11 bits per heavy atom. The molecule has 0 aromatic heterocycles. The Bertz CT molecular complexity index is 428. The second kappa shape index (κ2) is 5.40. The van der Waals surface area contributed by atoms with Crippen LogP contribution < -0.4 is 15.4 Å². The Morgan fingerprint density at radius 1 is 1.39 bits per heavy atom. The summed E-state index contributed by atoms with van der Waals surface area (Å²) in [6, 6.07) is 7.75. The summed E-state index contributed by atoms with van der Waals surface area (Å²) in [6.07, 6.45) is 1.96. The first kappa shape index (κ1) is 12.9. The van der Waals surface area contributed by atoms with Gasteiger partial charge in [0.05, 0.1) is 12.5 Å². The number of carbonyl (C=O) groups excluding carboxylic acids is 1. The van der Waals surface area contributed by atoms with E-state index in [0.29, 0.717) is 6.54 Å². The van der Waals surface area contributed by atoms with E-state index in [0.717, 1.165) is 30.7 Å². The molecule has 1 aliphatic carbocycles. The van der Waals surface area contributed by atoms with Crippen LogP contribution in [0.2, 0.25) is 0 Å². The third kappa shape index (κ3) is 2.64. The number of amides is 1. The van der Waals surface area contributed by atoms with E-state index in [4.69, 9.17) is 4.74 Å². The highest BCUT2D eigenvalue weighted by Gasteiger charge is 2.48. The largest absolute Gasteiger partial charge is 0.496 e. The van der Waals surface area contributed by atoms with Gasteiger partial charge in [0.25, 0.3) is 0 Å². The van der Waals surface area contributed by atoms with Crippen molar-refractivity contribution in [2.45, 2.75) is 19.4 Å². The fourth-order valence-electron chi connectivity index (χ4n) is 2.19. The second-order valence-electron chi connectivity index (χ2n) is 4.81. The number of methoxy groups -OCH3 is 1. The highest BCUT2D eigenvalue weighted by atomic mass is 16.5. The number of carbonyl (C=O) groups is 1. The van der Waals surface area contributed by atoms with Gasteiger partial charge in [-0.15, -0.1) is 0 Å². The maximum Gasteiger partial charge on any atom is 0.227 e. The molecule has 0 aliphatic heterocycles. The zero-order valence-electron chi connectivity index (χ0n) is 11.0. The maximum absolute atomic E-state index is 12.1. The molecule has 2 N–H and O–H groups in total. The van der Waals surface area contributed by atoms with Crippen molar-refractivity contribution < 1.29 is 9.53 Å². The van der Waals surface area contributed by atoms with Crippen LogP contribution in [0.4, 0.5) is 0 Å². The summed E-state index contributed by atoms with van der Waals surface area (Å²) >= 11 is 0. The van der Waals surface area contributed by atoms with Crippen molar-refractivity contribution in [2.75, 3.05) is 20.7 Å². The van der Waals surface area contributed by atoms with Crippen LogP contribution in [-0.2, 0) is 11.3 Å². The number of benzene rings is 1. The molecule has 1 aromatic rings. The SMILES string of the molecule is CNCC1(C(=O)NCc2ccccc2OC)CC1. The van der Waals surface area contributed by atoms with Crippen molar-refractivity contribution in [1.29, 1.82) is 0 Å². The summed E-state index contributed by atoms with van der Waals surface area (Å²) in [5, 5.41) is 6.09. The molecule has 0 saturated heterocycles. The zero-order chi connectivity index (χ0) is 13.0. The Morgan fingerprint density at radius 3 is 2.72 bits per heavy atom. The van der Waals surface area contributed by atoms with Gasteiger partial charge in [0.2, 0.25) is 5.91 Å². The van der Waals surface area contributed by atoms with Crippen LogP contribution in [0.25, 0.3) is 0 Å². The van der Waals surface area contributed by atoms with Gasteiger partial charge >= 0.3 is 0 Å². The Hall–Kier alpha value is -1.55. The molecule has 0 heterocycles. The van der Waals surface area contributed by atoms with E-state index >= 15 is 0 Å². The van der Waals surface area contributed by atoms with E-state index in [-0.39, 0.29) is 11.3 Å². The predicted molar refractivity (Wildman–Crippen MR) is 70.4 cm³/mol. The fraction of sp³-hybridized carbons (Fsp3) is 0.500. The Balaban J connectivity index is 1.93. The number of hydrogen-bond donors (Lipinski definition) is 2. The molecule has 0 spiro atoms. The van der Waals surface area contributed by atoms with Crippen molar-refractivity contribution >= 4 is 5.91 Å². The summed E-state index contributed by atoms with van der Waals surface area (Å²) in [5.74, 6) is 0.957. The topological polar surface area (TPSA) is 50.4 Å². The molecule has 4 heteroatoms. The Labute approximate surface area is 108 Å². The molecule has 1 fully saturated rings. The first-order valence-electron chi connectivity index (χ1n) is 6.27. The van der Waals surface area contributed by atoms with E-state index in [9.17, 15) is 4.79 Å². The van der Waals surface area contributed by atoms with Gasteiger partial charge in [0, 0.05) is 18.7 Å².